The molecule has 0 amide bonds. The summed E-state index contributed by atoms with van der Waals surface area (Å²) in [6.07, 6.45) is 5.72. The summed E-state index contributed by atoms with van der Waals surface area (Å²) in [5, 5.41) is 0. The molecule has 0 radical (unpaired) electrons. The fraction of sp³-hybridized carbons (Fsp3) is 0.0769. The van der Waals surface area contributed by atoms with E-state index in [1.54, 1.807) is 6.20 Å². The Bertz CT molecular complexity index is 646. The molecule has 3 heterocycles. The minimum atomic E-state index is 0.507. The molecular formula is C13H10ClN3. The average Bonchev–Trinajstić information content (AvgIpc) is 2.82. The molecule has 0 saturated carbocycles. The number of nitrogens with zero attached hydrogens (tertiary/aromatic N) is 3. The van der Waals surface area contributed by atoms with Crippen molar-refractivity contribution in [1.82, 2.24) is 14.4 Å². The lowest BCUT2D eigenvalue weighted by atomic mass is 10.3. The number of aromatic nitrogens is 3. The molecule has 3 aromatic rings. The average molecular weight is 244 g/mol. The number of rotatable bonds is 2. The van der Waals surface area contributed by atoms with Gasteiger partial charge in [0, 0.05) is 24.5 Å². The second kappa shape index (κ2) is 4.18. The zero-order valence-electron chi connectivity index (χ0n) is 9.05. The lowest BCUT2D eigenvalue weighted by molar-refractivity contribution is 1.15. The molecule has 0 N–H and O–H groups in total. The highest BCUT2D eigenvalue weighted by Gasteiger charge is 2.04. The van der Waals surface area contributed by atoms with Gasteiger partial charge in [0.25, 0.3) is 0 Å². The first-order chi connectivity index (χ1) is 8.36. The van der Waals surface area contributed by atoms with Gasteiger partial charge < -0.3 is 4.40 Å². The topological polar surface area (TPSA) is 30.2 Å². The van der Waals surface area contributed by atoms with Gasteiger partial charge in [0.2, 0.25) is 0 Å². The number of imidazole rings is 1. The standard InChI is InChI=1S/C13H10ClN3/c14-7-10-4-5-13-16-12(9-17(13)8-10)11-3-1-2-6-15-11/h1-6,8-9H,7H2. The van der Waals surface area contributed by atoms with Crippen LogP contribution in [-0.4, -0.2) is 14.4 Å². The highest BCUT2D eigenvalue weighted by Crippen LogP contribution is 2.17. The highest BCUT2D eigenvalue weighted by atomic mass is 35.5. The molecular weight excluding hydrogens is 234 g/mol. The molecule has 0 unspecified atom stereocenters. The van der Waals surface area contributed by atoms with Crippen LogP contribution in [0, 0.1) is 0 Å². The predicted molar refractivity (Wildman–Crippen MR) is 68.0 cm³/mol. The molecule has 0 fully saturated rings. The van der Waals surface area contributed by atoms with Crippen LogP contribution in [-0.2, 0) is 5.88 Å². The Balaban J connectivity index is 2.14. The van der Waals surface area contributed by atoms with Gasteiger partial charge in [-0.25, -0.2) is 4.98 Å². The molecule has 0 spiro atoms. The molecule has 0 atom stereocenters. The molecule has 0 aliphatic rings. The van der Waals surface area contributed by atoms with Gasteiger partial charge in [0.1, 0.15) is 11.3 Å². The van der Waals surface area contributed by atoms with Crippen molar-refractivity contribution in [3.8, 4) is 11.4 Å². The van der Waals surface area contributed by atoms with E-state index in [1.807, 2.05) is 47.1 Å². The van der Waals surface area contributed by atoms with Gasteiger partial charge in [0.05, 0.1) is 5.69 Å². The molecule has 0 aliphatic carbocycles. The van der Waals surface area contributed by atoms with E-state index in [0.717, 1.165) is 22.6 Å². The predicted octanol–water partition coefficient (Wildman–Crippen LogP) is 3.14. The fourth-order valence-corrected chi connectivity index (χ4v) is 1.91. The Labute approximate surface area is 104 Å². The Morgan fingerprint density at radius 2 is 2.00 bits per heavy atom. The summed E-state index contributed by atoms with van der Waals surface area (Å²) >= 11 is 5.81. The van der Waals surface area contributed by atoms with Crippen LogP contribution >= 0.6 is 11.6 Å². The summed E-state index contributed by atoms with van der Waals surface area (Å²) in [4.78, 5) is 8.80. The number of fused-ring (bicyclic) bond motifs is 1. The van der Waals surface area contributed by atoms with Crippen LogP contribution in [0.5, 0.6) is 0 Å². The van der Waals surface area contributed by atoms with E-state index in [9.17, 15) is 0 Å². The van der Waals surface area contributed by atoms with Crippen molar-refractivity contribution >= 4 is 17.2 Å². The van der Waals surface area contributed by atoms with Gasteiger partial charge in [-0.1, -0.05) is 12.1 Å². The van der Waals surface area contributed by atoms with E-state index in [2.05, 4.69) is 9.97 Å². The van der Waals surface area contributed by atoms with Crippen molar-refractivity contribution in [3.63, 3.8) is 0 Å². The van der Waals surface area contributed by atoms with Gasteiger partial charge >= 0.3 is 0 Å². The number of pyridine rings is 2. The fourth-order valence-electron chi connectivity index (χ4n) is 1.75. The summed E-state index contributed by atoms with van der Waals surface area (Å²) < 4.78 is 1.97. The minimum absolute atomic E-state index is 0.507. The maximum atomic E-state index is 5.81. The summed E-state index contributed by atoms with van der Waals surface area (Å²) in [6.45, 7) is 0. The second-order valence-corrected chi connectivity index (χ2v) is 4.04. The number of alkyl halides is 1. The molecule has 0 aromatic carbocycles. The van der Waals surface area contributed by atoms with Gasteiger partial charge in [0.15, 0.2) is 0 Å². The molecule has 0 saturated heterocycles. The van der Waals surface area contributed by atoms with E-state index >= 15 is 0 Å². The SMILES string of the molecule is ClCc1ccc2nc(-c3ccccn3)cn2c1. The van der Waals surface area contributed by atoms with Crippen molar-refractivity contribution in [2.45, 2.75) is 5.88 Å². The summed E-state index contributed by atoms with van der Waals surface area (Å²) in [7, 11) is 0. The minimum Gasteiger partial charge on any atom is -0.306 e. The van der Waals surface area contributed by atoms with Gasteiger partial charge in [-0.2, -0.15) is 0 Å². The largest absolute Gasteiger partial charge is 0.306 e. The third kappa shape index (κ3) is 1.89. The third-order valence-corrected chi connectivity index (χ3v) is 2.90. The van der Waals surface area contributed by atoms with Crippen LogP contribution in [0.2, 0.25) is 0 Å². The normalized spacial score (nSPS) is 10.9. The zero-order valence-corrected chi connectivity index (χ0v) is 9.80. The number of hydrogen-bond acceptors (Lipinski definition) is 2. The van der Waals surface area contributed by atoms with Crippen LogP contribution in [0.15, 0.2) is 48.9 Å². The van der Waals surface area contributed by atoms with Crippen molar-refractivity contribution in [2.24, 2.45) is 0 Å². The van der Waals surface area contributed by atoms with Gasteiger partial charge in [-0.3, -0.25) is 4.98 Å². The van der Waals surface area contributed by atoms with Crippen LogP contribution < -0.4 is 0 Å². The molecule has 0 bridgehead atoms. The Morgan fingerprint density at radius 3 is 2.76 bits per heavy atom. The monoisotopic (exact) mass is 243 g/mol. The maximum absolute atomic E-state index is 5.81. The van der Waals surface area contributed by atoms with Gasteiger partial charge in [-0.05, 0) is 23.8 Å². The van der Waals surface area contributed by atoms with Crippen LogP contribution in [0.25, 0.3) is 17.0 Å². The Kier molecular flexibility index (Phi) is 2.53. The quantitative estimate of drug-likeness (QED) is 0.648. The first-order valence-corrected chi connectivity index (χ1v) is 5.85. The summed E-state index contributed by atoms with van der Waals surface area (Å²) in [6, 6.07) is 9.74. The Hall–Kier alpha value is -1.87. The molecule has 0 aliphatic heterocycles. The molecule has 3 aromatic heterocycles. The van der Waals surface area contributed by atoms with Crippen LogP contribution in [0.4, 0.5) is 0 Å². The number of halogens is 1. The van der Waals surface area contributed by atoms with Crippen LogP contribution in [0.3, 0.4) is 0 Å². The molecule has 17 heavy (non-hydrogen) atoms. The van der Waals surface area contributed by atoms with Crippen molar-refractivity contribution in [3.05, 3.63) is 54.5 Å². The van der Waals surface area contributed by atoms with E-state index in [4.69, 9.17) is 11.6 Å². The van der Waals surface area contributed by atoms with E-state index in [-0.39, 0.29) is 0 Å². The second-order valence-electron chi connectivity index (χ2n) is 3.78. The summed E-state index contributed by atoms with van der Waals surface area (Å²) in [5.74, 6) is 0.507. The molecule has 84 valence electrons. The third-order valence-electron chi connectivity index (χ3n) is 2.59. The smallest absolute Gasteiger partial charge is 0.137 e. The van der Waals surface area contributed by atoms with E-state index in [1.165, 1.54) is 0 Å². The maximum Gasteiger partial charge on any atom is 0.137 e. The van der Waals surface area contributed by atoms with Crippen LogP contribution in [0.1, 0.15) is 5.56 Å². The lowest BCUT2D eigenvalue weighted by Gasteiger charge is -1.95. The molecule has 3 rings (SSSR count). The first kappa shape index (κ1) is 10.3. The van der Waals surface area contributed by atoms with Crippen molar-refractivity contribution in [2.75, 3.05) is 0 Å². The molecule has 3 nitrogen and oxygen atoms in total. The van der Waals surface area contributed by atoms with Crippen molar-refractivity contribution in [1.29, 1.82) is 0 Å². The molecule has 4 heteroatoms. The lowest BCUT2D eigenvalue weighted by Crippen LogP contribution is -1.85. The summed E-state index contributed by atoms with van der Waals surface area (Å²) in [5.41, 5.74) is 3.73. The van der Waals surface area contributed by atoms with E-state index < -0.39 is 0 Å². The highest BCUT2D eigenvalue weighted by molar-refractivity contribution is 6.17. The van der Waals surface area contributed by atoms with Gasteiger partial charge in [-0.15, -0.1) is 11.6 Å². The first-order valence-electron chi connectivity index (χ1n) is 5.32. The number of hydrogen-bond donors (Lipinski definition) is 0. The van der Waals surface area contributed by atoms with Crippen molar-refractivity contribution < 1.29 is 0 Å². The van der Waals surface area contributed by atoms with E-state index in [0.29, 0.717) is 5.88 Å². The Morgan fingerprint density at radius 1 is 1.06 bits per heavy atom. The zero-order chi connectivity index (χ0) is 11.7.